The summed E-state index contributed by atoms with van der Waals surface area (Å²) in [5, 5.41) is 47.2. The van der Waals surface area contributed by atoms with Crippen molar-refractivity contribution < 1.29 is 4.79 Å². The SMILES string of the molecule is CCCn1nccc1C1CCN(C)CC1.CCc1cnn(C)c1C1CCN(C)CC1.CCn1ncc(C)c1C1CCN(C)CC1.CCn1nccc1C1CCN(C)CC1.CN1CCC(c2cc(N)n[nH]2)CC1.CN1CCC(c2ccn(C)n2)CC1.CN1CCC(c2ccn[nH]2)CC1.CN1CCC(c2ccnn2C)CC1.CNC(=O)Cn1ccnc1C1CCN(C)CC1.Cc1cnn(C)c1C1CCN(C)CC1. The fraction of sp³-hybridized carbons (Fsp3) is 0.713. The van der Waals surface area contributed by atoms with E-state index in [4.69, 9.17) is 5.73 Å². The molecule has 1 amide bonds. The molecule has 0 radical (unpaired) electrons. The molecule has 10 aliphatic rings. The second kappa shape index (κ2) is 58.2. The van der Waals surface area contributed by atoms with Crippen molar-refractivity contribution in [2.45, 2.75) is 268 Å². The predicted molar refractivity (Wildman–Crippen MR) is 573 cm³/mol. The molecule has 0 aliphatic carbocycles. The van der Waals surface area contributed by atoms with Gasteiger partial charge in [0.15, 0.2) is 0 Å². The third-order valence-electron chi connectivity index (χ3n) is 31.6. The zero-order valence-corrected chi connectivity index (χ0v) is 91.0. The molecular weight excluding hydrogens is 1760 g/mol. The molecule has 10 aromatic rings. The number of likely N-dealkylation sites (N-methyl/N-ethyl adjacent to an activating group) is 1. The Balaban J connectivity index is 0.000000150. The fourth-order valence-corrected chi connectivity index (χ4v) is 22.3. The number of nitrogen functional groups attached to an aromatic ring is 1. The molecular formula is C108H186N32O. The maximum Gasteiger partial charge on any atom is 0.239 e. The molecule has 5 N–H and O–H groups in total. The summed E-state index contributed by atoms with van der Waals surface area (Å²) < 4.78 is 16.5. The van der Waals surface area contributed by atoms with Crippen molar-refractivity contribution in [3.05, 3.63) is 172 Å². The lowest BCUT2D eigenvalue weighted by molar-refractivity contribution is -0.121. The number of hydrogen-bond donors (Lipinski definition) is 4. The number of aromatic nitrogens is 20. The zero-order chi connectivity index (χ0) is 101. The summed E-state index contributed by atoms with van der Waals surface area (Å²) in [6.07, 6.45) is 46.7. The monoisotopic (exact) mass is 1950 g/mol. The number of carbonyl (C=O) groups excluding carboxylic acids is 1. The van der Waals surface area contributed by atoms with Crippen molar-refractivity contribution in [3.8, 4) is 0 Å². The molecule has 141 heavy (non-hydrogen) atoms. The van der Waals surface area contributed by atoms with E-state index in [9.17, 15) is 4.79 Å². The lowest BCUT2D eigenvalue weighted by Gasteiger charge is -2.29. The predicted octanol–water partition coefficient (Wildman–Crippen LogP) is 14.1. The summed E-state index contributed by atoms with van der Waals surface area (Å²) in [5.41, 5.74) is 22.2. The largest absolute Gasteiger partial charge is 0.382 e. The number of aryl methyl sites for hydroxylation is 10. The van der Waals surface area contributed by atoms with E-state index in [2.05, 4.69) is 291 Å². The molecule has 0 spiro atoms. The van der Waals surface area contributed by atoms with Gasteiger partial charge in [0.2, 0.25) is 5.91 Å². The third kappa shape index (κ3) is 34.9. The van der Waals surface area contributed by atoms with E-state index >= 15 is 0 Å². The van der Waals surface area contributed by atoms with Crippen LogP contribution in [0.25, 0.3) is 0 Å². The first-order valence-corrected chi connectivity index (χ1v) is 54.0. The molecule has 784 valence electrons. The first kappa shape index (κ1) is 112. The van der Waals surface area contributed by atoms with Crippen molar-refractivity contribution in [1.29, 1.82) is 0 Å². The zero-order valence-electron chi connectivity index (χ0n) is 91.0. The van der Waals surface area contributed by atoms with E-state index in [1.54, 1.807) is 13.2 Å². The molecule has 10 saturated heterocycles. The van der Waals surface area contributed by atoms with Crippen LogP contribution in [-0.2, 0) is 65.6 Å². The quantitative estimate of drug-likeness (QED) is 0.0659. The van der Waals surface area contributed by atoms with E-state index in [1.807, 2.05) is 94.5 Å². The number of rotatable bonds is 17. The first-order valence-electron chi connectivity index (χ1n) is 54.0. The van der Waals surface area contributed by atoms with Gasteiger partial charge in [-0.05, 0) is 417 Å². The molecule has 0 unspecified atom stereocenters. The number of likely N-dealkylation sites (tertiary alicyclic amines) is 10. The second-order valence-corrected chi connectivity index (χ2v) is 42.4. The number of hydrogen-bond acceptors (Lipinski definition) is 22. The third-order valence-corrected chi connectivity index (χ3v) is 31.6. The van der Waals surface area contributed by atoms with Gasteiger partial charge in [0.05, 0.1) is 24.3 Å². The number of nitrogens with two attached hydrogens (primary N) is 1. The summed E-state index contributed by atoms with van der Waals surface area (Å²) in [4.78, 5) is 39.7. The van der Waals surface area contributed by atoms with Crippen LogP contribution in [0.4, 0.5) is 5.82 Å². The summed E-state index contributed by atoms with van der Waals surface area (Å²) >= 11 is 0. The van der Waals surface area contributed by atoms with Crippen LogP contribution in [0.5, 0.6) is 0 Å². The molecule has 0 aromatic carbocycles. The number of amides is 1. The number of aromatic amines is 2. The maximum atomic E-state index is 11.4. The lowest BCUT2D eigenvalue weighted by Crippen LogP contribution is -2.31. The van der Waals surface area contributed by atoms with Gasteiger partial charge in [-0.15, -0.1) is 0 Å². The number of imidazole rings is 1. The minimum absolute atomic E-state index is 0.0252. The van der Waals surface area contributed by atoms with Crippen molar-refractivity contribution in [2.24, 2.45) is 28.2 Å². The molecule has 10 fully saturated rings. The van der Waals surface area contributed by atoms with Crippen molar-refractivity contribution in [3.63, 3.8) is 0 Å². The second-order valence-electron chi connectivity index (χ2n) is 42.4. The summed E-state index contributed by atoms with van der Waals surface area (Å²) in [6.45, 7) is 40.6. The van der Waals surface area contributed by atoms with Crippen LogP contribution in [0.2, 0.25) is 0 Å². The van der Waals surface area contributed by atoms with Gasteiger partial charge in [-0.3, -0.25) is 47.8 Å². The Kier molecular flexibility index (Phi) is 46.4. The first-order chi connectivity index (χ1) is 68.1. The van der Waals surface area contributed by atoms with Crippen LogP contribution in [0.3, 0.4) is 0 Å². The van der Waals surface area contributed by atoms with Crippen LogP contribution in [0.15, 0.2) is 98.4 Å². The molecule has 33 nitrogen and oxygen atoms in total. The Labute approximate surface area is 847 Å². The van der Waals surface area contributed by atoms with Gasteiger partial charge in [0, 0.05) is 209 Å². The van der Waals surface area contributed by atoms with Crippen LogP contribution in [0, 0.1) is 13.8 Å². The topological polar surface area (TPSA) is 287 Å². The molecule has 0 atom stereocenters. The molecule has 0 bridgehead atoms. The molecule has 20 heterocycles. The summed E-state index contributed by atoms with van der Waals surface area (Å²) in [5.74, 6) is 8.57. The number of carbonyl (C=O) groups is 1. The van der Waals surface area contributed by atoms with E-state index < -0.39 is 0 Å². The van der Waals surface area contributed by atoms with Gasteiger partial charge in [-0.2, -0.15) is 45.9 Å². The Morgan fingerprint density at radius 2 is 0.766 bits per heavy atom. The molecule has 0 saturated carbocycles. The summed E-state index contributed by atoms with van der Waals surface area (Å²) in [6, 6.07) is 12.7. The highest BCUT2D eigenvalue weighted by molar-refractivity contribution is 5.75. The van der Waals surface area contributed by atoms with Gasteiger partial charge in [0.1, 0.15) is 18.2 Å². The average molecular weight is 1950 g/mol. The van der Waals surface area contributed by atoms with Gasteiger partial charge < -0.3 is 64.6 Å². The van der Waals surface area contributed by atoms with Crippen LogP contribution in [-0.4, -0.2) is 362 Å². The van der Waals surface area contributed by atoms with Crippen LogP contribution >= 0.6 is 0 Å². The Bertz CT molecular complexity index is 4870. The Morgan fingerprint density at radius 3 is 1.17 bits per heavy atom. The van der Waals surface area contributed by atoms with Crippen LogP contribution < -0.4 is 11.1 Å². The van der Waals surface area contributed by atoms with Gasteiger partial charge in [0.25, 0.3) is 0 Å². The molecule has 10 aromatic heterocycles. The number of nitrogens with one attached hydrogen (secondary N) is 3. The van der Waals surface area contributed by atoms with E-state index in [0.717, 1.165) is 93.3 Å². The standard InChI is InChI=1S/C12H20N4O.3C12H21N3.2C11H19N3.2C10H17N3.C9H16N4.C9H15N3/c1-13-11(17)9-16-8-5-14-12(16)10-3-6-15(2)7-4-10;1-4-10-9-13-15(3)12(10)11-5-7-14(2)8-6-11;1-4-15-12(10(2)9-13-15)11-5-7-14(3)8-6-11;1-3-8-15-12(4-7-13-15)11-5-9-14(2)10-6-11;1-9-8-12-14(3)11(9)10-4-6-13(2)7-5-10;1-3-14-11(4-7-12-14)10-5-8-13(2)9-6-10;1-12-7-4-9(5-8-12)10-3-6-11-13(10)2;1-12-6-3-9(4-7-12)10-5-8-13(2)11-10;1-13-4-2-7(3-5-13)8-6-9(10)12-11-8;1-12-6-3-8(4-7-12)9-2-5-10-11-9/h5,8,10H,3-4,6-7,9H2,1-2H3,(H,13,17);2*9,11H,4-8H2,1-3H3;4,7,11H,3,5-6,8-10H2,1-2H3;8,10H,4-7H2,1-3H3;4,7,10H,3,5-6,8-9H2,1-2H3;3,6,9H,4-5,7-8H2,1-2H3;5,8-9H,3-4,6-7H2,1-2H3;6-7H,2-5H2,1H3,(H3,10,11,12);2,5,8H,3-4,6-7H2,1H3,(H,10,11). The molecule has 10 aliphatic heterocycles. The minimum Gasteiger partial charge on any atom is -0.382 e. The van der Waals surface area contributed by atoms with Crippen molar-refractivity contribution >= 4 is 11.7 Å². The lowest BCUT2D eigenvalue weighted by atomic mass is 9.91. The van der Waals surface area contributed by atoms with E-state index in [0.29, 0.717) is 36.0 Å². The number of nitrogens with zero attached hydrogens (tertiary/aromatic N) is 28. The number of anilines is 1. The van der Waals surface area contributed by atoms with Crippen molar-refractivity contribution in [2.75, 3.05) is 214 Å². The summed E-state index contributed by atoms with van der Waals surface area (Å²) in [7, 11) is 31.7. The van der Waals surface area contributed by atoms with Crippen LogP contribution in [0.1, 0.15) is 295 Å². The Morgan fingerprint density at radius 1 is 0.376 bits per heavy atom. The van der Waals surface area contributed by atoms with E-state index in [1.165, 1.54) is 308 Å². The average Bonchev–Trinajstić information content (AvgIpc) is 1.69. The minimum atomic E-state index is 0.0252. The number of H-pyrrole nitrogens is 2. The fourth-order valence-electron chi connectivity index (χ4n) is 22.3. The smallest absolute Gasteiger partial charge is 0.239 e. The number of piperidine rings is 10. The molecule has 33 heteroatoms. The van der Waals surface area contributed by atoms with Gasteiger partial charge in [-0.25, -0.2) is 4.98 Å². The molecule has 20 rings (SSSR count). The highest BCUT2D eigenvalue weighted by atomic mass is 16.1. The normalized spacial score (nSPS) is 20.0. The Hall–Kier alpha value is -9.03. The van der Waals surface area contributed by atoms with E-state index in [-0.39, 0.29) is 5.91 Å². The van der Waals surface area contributed by atoms with Gasteiger partial charge >= 0.3 is 0 Å². The van der Waals surface area contributed by atoms with Gasteiger partial charge in [-0.1, -0.05) is 13.8 Å². The highest BCUT2D eigenvalue weighted by Gasteiger charge is 2.31. The van der Waals surface area contributed by atoms with Crippen molar-refractivity contribution in [1.82, 2.24) is 153 Å². The highest BCUT2D eigenvalue weighted by Crippen LogP contribution is 2.37. The maximum absolute atomic E-state index is 11.4.